The average molecular weight is 335 g/mol. The number of carbonyl (C=O) groups is 1. The smallest absolute Gasteiger partial charge is 0.220 e. The van der Waals surface area contributed by atoms with E-state index in [4.69, 9.17) is 0 Å². The lowest BCUT2D eigenvalue weighted by molar-refractivity contribution is -0.119. The van der Waals surface area contributed by atoms with E-state index in [2.05, 4.69) is 34.7 Å². The van der Waals surface area contributed by atoms with E-state index in [-0.39, 0.29) is 11.8 Å². The Balaban J connectivity index is 1.81. The van der Waals surface area contributed by atoms with E-state index in [9.17, 15) is 9.90 Å². The molecule has 5 heteroatoms. The van der Waals surface area contributed by atoms with Crippen molar-refractivity contribution in [2.24, 2.45) is 7.05 Å². The second-order valence-corrected chi connectivity index (χ2v) is 6.80. The molecule has 0 spiro atoms. The highest BCUT2D eigenvalue weighted by Crippen LogP contribution is 2.33. The van der Waals surface area contributed by atoms with Gasteiger partial charge in [-0.25, -0.2) is 4.98 Å². The Morgan fingerprint density at radius 3 is 2.92 bits per heavy atom. The van der Waals surface area contributed by atoms with Crippen LogP contribution in [0.1, 0.15) is 36.5 Å². The summed E-state index contributed by atoms with van der Waals surface area (Å²) in [4.78, 5) is 16.0. The molecule has 2 aromatic heterocycles. The van der Waals surface area contributed by atoms with Gasteiger partial charge in [0.15, 0.2) is 0 Å². The number of hydrogen-bond donors (Lipinski definition) is 2. The van der Waals surface area contributed by atoms with Gasteiger partial charge in [0.2, 0.25) is 5.91 Å². The van der Waals surface area contributed by atoms with Crippen molar-refractivity contribution in [2.45, 2.75) is 25.4 Å². The van der Waals surface area contributed by atoms with Gasteiger partial charge in [-0.2, -0.15) is 0 Å². The summed E-state index contributed by atoms with van der Waals surface area (Å²) < 4.78 is 2.00. The van der Waals surface area contributed by atoms with E-state index < -0.39 is 6.10 Å². The molecule has 4 rings (SSSR count). The Labute approximate surface area is 146 Å². The Hall–Kier alpha value is -2.66. The molecule has 1 aliphatic rings. The zero-order valence-electron chi connectivity index (χ0n) is 14.4. The first kappa shape index (κ1) is 15.8. The number of aromatic nitrogens is 2. The maximum absolute atomic E-state index is 11.5. The number of nitrogens with zero attached hydrogens (tertiary/aromatic N) is 2. The summed E-state index contributed by atoms with van der Waals surface area (Å²) in [6, 6.07) is 10.4. The quantitative estimate of drug-likeness (QED) is 0.773. The number of nitrogens with one attached hydrogen (secondary N) is 1. The SMILES string of the molecule is CC(O)c1cnc2c(c1)c(-c1cccc([C@H]3CNC(=O)C3)c1)cn2C. The van der Waals surface area contributed by atoms with Gasteiger partial charge in [0.1, 0.15) is 5.65 Å². The molecule has 5 nitrogen and oxygen atoms in total. The van der Waals surface area contributed by atoms with Crippen molar-refractivity contribution in [1.82, 2.24) is 14.9 Å². The highest BCUT2D eigenvalue weighted by atomic mass is 16.3. The molecule has 0 aliphatic carbocycles. The highest BCUT2D eigenvalue weighted by Gasteiger charge is 2.23. The standard InChI is InChI=1S/C20H21N3O2/c1-12(24)15-7-17-18(11-23(2)20(17)22-9-15)14-5-3-4-13(6-14)16-8-19(25)21-10-16/h3-7,9,11-12,16,24H,8,10H2,1-2H3,(H,21,25)/t12?,16-/m1/s1. The van der Waals surface area contributed by atoms with Gasteiger partial charge in [-0.3, -0.25) is 4.79 Å². The number of aryl methyl sites for hydroxylation is 1. The van der Waals surface area contributed by atoms with Gasteiger partial charge in [0, 0.05) is 49.3 Å². The molecular weight excluding hydrogens is 314 g/mol. The van der Waals surface area contributed by atoms with Crippen LogP contribution in [0.2, 0.25) is 0 Å². The van der Waals surface area contributed by atoms with Crippen LogP contribution in [0.5, 0.6) is 0 Å². The van der Waals surface area contributed by atoms with Gasteiger partial charge in [-0.15, -0.1) is 0 Å². The van der Waals surface area contributed by atoms with Crippen LogP contribution in [-0.2, 0) is 11.8 Å². The largest absolute Gasteiger partial charge is 0.389 e. The van der Waals surface area contributed by atoms with Crippen LogP contribution < -0.4 is 5.32 Å². The fourth-order valence-electron chi connectivity index (χ4n) is 3.54. The number of hydrogen-bond acceptors (Lipinski definition) is 3. The van der Waals surface area contributed by atoms with Crippen LogP contribution in [0.25, 0.3) is 22.2 Å². The van der Waals surface area contributed by atoms with Gasteiger partial charge in [0.05, 0.1) is 6.10 Å². The first-order valence-corrected chi connectivity index (χ1v) is 8.53. The van der Waals surface area contributed by atoms with Crippen molar-refractivity contribution in [3.05, 3.63) is 53.9 Å². The van der Waals surface area contributed by atoms with Crippen molar-refractivity contribution in [3.63, 3.8) is 0 Å². The van der Waals surface area contributed by atoms with E-state index in [0.29, 0.717) is 13.0 Å². The molecule has 0 saturated carbocycles. The number of rotatable bonds is 3. The summed E-state index contributed by atoms with van der Waals surface area (Å²) in [5, 5.41) is 13.8. The van der Waals surface area contributed by atoms with Crippen molar-refractivity contribution in [1.29, 1.82) is 0 Å². The first-order chi connectivity index (χ1) is 12.0. The lowest BCUT2D eigenvalue weighted by Crippen LogP contribution is -2.13. The van der Waals surface area contributed by atoms with Crippen molar-refractivity contribution in [3.8, 4) is 11.1 Å². The van der Waals surface area contributed by atoms with Crippen molar-refractivity contribution < 1.29 is 9.90 Å². The number of aliphatic hydroxyl groups excluding tert-OH is 1. The molecule has 0 bridgehead atoms. The summed E-state index contributed by atoms with van der Waals surface area (Å²) in [6.45, 7) is 2.45. The third kappa shape index (κ3) is 2.81. The van der Waals surface area contributed by atoms with Crippen LogP contribution in [0.15, 0.2) is 42.7 Å². The number of benzene rings is 1. The van der Waals surface area contributed by atoms with Crippen molar-refractivity contribution >= 4 is 16.9 Å². The molecule has 25 heavy (non-hydrogen) atoms. The fraction of sp³-hybridized carbons (Fsp3) is 0.300. The molecule has 0 radical (unpaired) electrons. The Kier molecular flexibility index (Phi) is 3.81. The molecular formula is C20H21N3O2. The molecule has 1 fully saturated rings. The summed E-state index contributed by atoms with van der Waals surface area (Å²) >= 11 is 0. The van der Waals surface area contributed by atoms with E-state index in [1.807, 2.05) is 23.7 Å². The third-order valence-electron chi connectivity index (χ3n) is 4.96. The first-order valence-electron chi connectivity index (χ1n) is 8.53. The number of fused-ring (bicyclic) bond motifs is 1. The molecule has 2 atom stereocenters. The molecule has 2 N–H and O–H groups in total. The molecule has 1 saturated heterocycles. The second-order valence-electron chi connectivity index (χ2n) is 6.80. The molecule has 1 unspecified atom stereocenters. The average Bonchev–Trinajstić information content (AvgIpc) is 3.18. The predicted octanol–water partition coefficient (Wildman–Crippen LogP) is 2.90. The normalized spacial score (nSPS) is 18.5. The number of carbonyl (C=O) groups excluding carboxylic acids is 1. The van der Waals surface area contributed by atoms with E-state index >= 15 is 0 Å². The van der Waals surface area contributed by atoms with Crippen LogP contribution in [0.4, 0.5) is 0 Å². The zero-order chi connectivity index (χ0) is 17.6. The molecule has 1 aromatic carbocycles. The van der Waals surface area contributed by atoms with Crippen LogP contribution in [0, 0.1) is 0 Å². The van der Waals surface area contributed by atoms with Gasteiger partial charge < -0.3 is 15.0 Å². The molecule has 3 heterocycles. The molecule has 3 aromatic rings. The van der Waals surface area contributed by atoms with E-state index in [0.717, 1.165) is 27.7 Å². The van der Waals surface area contributed by atoms with Crippen molar-refractivity contribution in [2.75, 3.05) is 6.54 Å². The molecule has 1 amide bonds. The highest BCUT2D eigenvalue weighted by molar-refractivity contribution is 5.94. The number of aliphatic hydroxyl groups is 1. The number of amides is 1. The Morgan fingerprint density at radius 2 is 2.20 bits per heavy atom. The maximum atomic E-state index is 11.5. The monoisotopic (exact) mass is 335 g/mol. The lowest BCUT2D eigenvalue weighted by atomic mass is 9.94. The van der Waals surface area contributed by atoms with Gasteiger partial charge in [0.25, 0.3) is 0 Å². The topological polar surface area (TPSA) is 67.2 Å². The minimum atomic E-state index is -0.549. The minimum absolute atomic E-state index is 0.117. The van der Waals surface area contributed by atoms with Crippen LogP contribution >= 0.6 is 0 Å². The predicted molar refractivity (Wildman–Crippen MR) is 97.2 cm³/mol. The summed E-state index contributed by atoms with van der Waals surface area (Å²) in [6.07, 6.45) is 3.79. The molecule has 1 aliphatic heterocycles. The van der Waals surface area contributed by atoms with Gasteiger partial charge >= 0.3 is 0 Å². The third-order valence-corrected chi connectivity index (χ3v) is 4.96. The maximum Gasteiger partial charge on any atom is 0.220 e. The number of pyridine rings is 1. The Morgan fingerprint density at radius 1 is 1.36 bits per heavy atom. The van der Waals surface area contributed by atoms with Gasteiger partial charge in [-0.1, -0.05) is 24.3 Å². The summed E-state index contributed by atoms with van der Waals surface area (Å²) in [5.41, 5.74) is 5.07. The van der Waals surface area contributed by atoms with E-state index in [1.165, 1.54) is 5.56 Å². The summed E-state index contributed by atoms with van der Waals surface area (Å²) in [7, 11) is 1.98. The van der Waals surface area contributed by atoms with Crippen LogP contribution in [-0.4, -0.2) is 27.1 Å². The summed E-state index contributed by atoms with van der Waals surface area (Å²) in [5.74, 6) is 0.347. The lowest BCUT2D eigenvalue weighted by Gasteiger charge is -2.10. The van der Waals surface area contributed by atoms with Crippen LogP contribution in [0.3, 0.4) is 0 Å². The zero-order valence-corrected chi connectivity index (χ0v) is 14.4. The van der Waals surface area contributed by atoms with E-state index in [1.54, 1.807) is 13.1 Å². The fourth-order valence-corrected chi connectivity index (χ4v) is 3.54. The Bertz CT molecular complexity index is 959. The minimum Gasteiger partial charge on any atom is -0.389 e. The molecule has 128 valence electrons. The second kappa shape index (κ2) is 6.01. The van der Waals surface area contributed by atoms with Gasteiger partial charge in [-0.05, 0) is 29.7 Å².